The predicted octanol–water partition coefficient (Wildman–Crippen LogP) is 2.38. The Labute approximate surface area is 120 Å². The summed E-state index contributed by atoms with van der Waals surface area (Å²) in [6, 6.07) is 5.93. The highest BCUT2D eigenvalue weighted by molar-refractivity contribution is 5.54. The van der Waals surface area contributed by atoms with Crippen LogP contribution >= 0.6 is 0 Å². The first-order valence-electron chi connectivity index (χ1n) is 7.67. The Kier molecular flexibility index (Phi) is 4.22. The molecule has 1 saturated heterocycles. The highest BCUT2D eigenvalue weighted by atomic mass is 19.1. The number of nitrogens with zero attached hydrogens (tertiary/aromatic N) is 2. The monoisotopic (exact) mass is 278 g/mol. The Morgan fingerprint density at radius 3 is 2.65 bits per heavy atom. The van der Waals surface area contributed by atoms with Crippen molar-refractivity contribution in [1.29, 1.82) is 0 Å². The summed E-state index contributed by atoms with van der Waals surface area (Å²) in [7, 11) is 0. The molecule has 0 amide bonds. The van der Waals surface area contributed by atoms with E-state index in [-0.39, 0.29) is 12.4 Å². The van der Waals surface area contributed by atoms with Crippen LogP contribution in [0.5, 0.6) is 0 Å². The van der Waals surface area contributed by atoms with Gasteiger partial charge in [0.2, 0.25) is 0 Å². The van der Waals surface area contributed by atoms with Crippen LogP contribution in [0.1, 0.15) is 31.2 Å². The van der Waals surface area contributed by atoms with E-state index in [0.717, 1.165) is 24.3 Å². The average Bonchev–Trinajstić information content (AvgIpc) is 3.15. The molecule has 0 bridgehead atoms. The van der Waals surface area contributed by atoms with E-state index >= 15 is 0 Å². The summed E-state index contributed by atoms with van der Waals surface area (Å²) < 4.78 is 14.3. The number of halogens is 1. The molecule has 1 N–H and O–H groups in total. The fourth-order valence-corrected chi connectivity index (χ4v) is 3.12. The van der Waals surface area contributed by atoms with Crippen molar-refractivity contribution in [3.63, 3.8) is 0 Å². The van der Waals surface area contributed by atoms with Crippen molar-refractivity contribution in [2.24, 2.45) is 0 Å². The highest BCUT2D eigenvalue weighted by Crippen LogP contribution is 2.32. The molecule has 4 heteroatoms. The normalized spacial score (nSPS) is 19.1. The van der Waals surface area contributed by atoms with Gasteiger partial charge in [-0.25, -0.2) is 4.39 Å². The minimum Gasteiger partial charge on any atom is -0.395 e. The van der Waals surface area contributed by atoms with Gasteiger partial charge < -0.3 is 10.0 Å². The summed E-state index contributed by atoms with van der Waals surface area (Å²) in [5.41, 5.74) is 1.85. The van der Waals surface area contributed by atoms with Crippen LogP contribution in [-0.4, -0.2) is 42.3 Å². The molecule has 3 nitrogen and oxygen atoms in total. The van der Waals surface area contributed by atoms with Crippen LogP contribution in [0.15, 0.2) is 18.2 Å². The van der Waals surface area contributed by atoms with E-state index in [2.05, 4.69) is 9.80 Å². The largest absolute Gasteiger partial charge is 0.395 e. The maximum atomic E-state index is 14.3. The van der Waals surface area contributed by atoms with Gasteiger partial charge in [-0.05, 0) is 37.8 Å². The molecule has 1 aromatic carbocycles. The number of hydrogen-bond donors (Lipinski definition) is 1. The van der Waals surface area contributed by atoms with Gasteiger partial charge in [0, 0.05) is 43.5 Å². The van der Waals surface area contributed by atoms with E-state index in [9.17, 15) is 9.50 Å². The van der Waals surface area contributed by atoms with Gasteiger partial charge in [-0.3, -0.25) is 4.90 Å². The molecule has 1 aliphatic carbocycles. The van der Waals surface area contributed by atoms with Crippen LogP contribution in [0.2, 0.25) is 0 Å². The summed E-state index contributed by atoms with van der Waals surface area (Å²) in [5, 5.41) is 9.20. The first kappa shape index (κ1) is 13.8. The molecule has 2 aliphatic rings. The Morgan fingerprint density at radius 1 is 1.25 bits per heavy atom. The number of aliphatic hydroxyl groups is 1. The minimum atomic E-state index is -0.113. The topological polar surface area (TPSA) is 26.7 Å². The van der Waals surface area contributed by atoms with Crippen molar-refractivity contribution >= 4 is 5.69 Å². The Hall–Kier alpha value is -1.13. The number of rotatable bonds is 6. The van der Waals surface area contributed by atoms with Gasteiger partial charge >= 0.3 is 0 Å². The first-order valence-corrected chi connectivity index (χ1v) is 7.67. The number of benzene rings is 1. The number of anilines is 1. The summed E-state index contributed by atoms with van der Waals surface area (Å²) in [6.07, 6.45) is 4.73. The molecule has 1 heterocycles. The lowest BCUT2D eigenvalue weighted by atomic mass is 10.1. The molecule has 0 atom stereocenters. The number of aliphatic hydroxyl groups excluding tert-OH is 1. The molecule has 0 aromatic heterocycles. The Morgan fingerprint density at radius 2 is 2.00 bits per heavy atom. The van der Waals surface area contributed by atoms with E-state index in [1.165, 1.54) is 25.7 Å². The van der Waals surface area contributed by atoms with Gasteiger partial charge in [0.1, 0.15) is 5.82 Å². The summed E-state index contributed by atoms with van der Waals surface area (Å²) >= 11 is 0. The molecule has 2 fully saturated rings. The van der Waals surface area contributed by atoms with Gasteiger partial charge in [-0.1, -0.05) is 6.07 Å². The van der Waals surface area contributed by atoms with Crippen molar-refractivity contribution in [1.82, 2.24) is 4.90 Å². The van der Waals surface area contributed by atoms with Gasteiger partial charge in [-0.2, -0.15) is 0 Å². The van der Waals surface area contributed by atoms with Crippen molar-refractivity contribution in [3.05, 3.63) is 29.6 Å². The molecule has 0 unspecified atom stereocenters. The number of hydrogen-bond acceptors (Lipinski definition) is 3. The zero-order chi connectivity index (χ0) is 13.9. The van der Waals surface area contributed by atoms with Crippen molar-refractivity contribution in [2.45, 2.75) is 38.3 Å². The Balaban J connectivity index is 1.82. The maximum Gasteiger partial charge on any atom is 0.129 e. The molecule has 1 aliphatic heterocycles. The van der Waals surface area contributed by atoms with Crippen LogP contribution in [0.4, 0.5) is 10.1 Å². The highest BCUT2D eigenvalue weighted by Gasteiger charge is 2.30. The summed E-state index contributed by atoms with van der Waals surface area (Å²) in [5.74, 6) is -0.113. The molecular formula is C16H23FN2O. The molecule has 110 valence electrons. The van der Waals surface area contributed by atoms with Gasteiger partial charge in [0.15, 0.2) is 0 Å². The third kappa shape index (κ3) is 2.96. The Bertz CT molecular complexity index is 456. The zero-order valence-electron chi connectivity index (χ0n) is 11.9. The van der Waals surface area contributed by atoms with Gasteiger partial charge in [0.25, 0.3) is 0 Å². The second kappa shape index (κ2) is 6.10. The third-order valence-corrected chi connectivity index (χ3v) is 4.35. The molecular weight excluding hydrogens is 255 g/mol. The van der Waals surface area contributed by atoms with Crippen LogP contribution in [0, 0.1) is 5.82 Å². The lowest BCUT2D eigenvalue weighted by molar-refractivity contribution is 0.182. The van der Waals surface area contributed by atoms with E-state index in [1.54, 1.807) is 12.1 Å². The van der Waals surface area contributed by atoms with E-state index in [0.29, 0.717) is 19.1 Å². The lowest BCUT2D eigenvalue weighted by Gasteiger charge is -2.26. The average molecular weight is 278 g/mol. The molecule has 1 saturated carbocycles. The fourth-order valence-electron chi connectivity index (χ4n) is 3.12. The second-order valence-corrected chi connectivity index (χ2v) is 5.86. The SMILES string of the molecule is OCCN(Cc1c(F)cccc1N1CCCC1)C1CC1. The maximum absolute atomic E-state index is 14.3. The van der Waals surface area contributed by atoms with E-state index < -0.39 is 0 Å². The molecule has 1 aromatic rings. The van der Waals surface area contributed by atoms with Crippen molar-refractivity contribution < 1.29 is 9.50 Å². The zero-order valence-corrected chi connectivity index (χ0v) is 11.9. The standard InChI is InChI=1S/C16H23FN2O/c17-15-4-3-5-16(18-8-1-2-9-18)14(15)12-19(10-11-20)13-6-7-13/h3-5,13,20H,1-2,6-12H2. The van der Waals surface area contributed by atoms with E-state index in [4.69, 9.17) is 0 Å². The second-order valence-electron chi connectivity index (χ2n) is 5.86. The molecule has 20 heavy (non-hydrogen) atoms. The van der Waals surface area contributed by atoms with Crippen LogP contribution in [0.3, 0.4) is 0 Å². The smallest absolute Gasteiger partial charge is 0.129 e. The third-order valence-electron chi connectivity index (χ3n) is 4.35. The van der Waals surface area contributed by atoms with E-state index in [1.807, 2.05) is 6.07 Å². The van der Waals surface area contributed by atoms with Crippen molar-refractivity contribution in [2.75, 3.05) is 31.1 Å². The van der Waals surface area contributed by atoms with Crippen LogP contribution < -0.4 is 4.90 Å². The molecule has 0 spiro atoms. The van der Waals surface area contributed by atoms with Crippen LogP contribution in [0.25, 0.3) is 0 Å². The van der Waals surface area contributed by atoms with Gasteiger partial charge in [0.05, 0.1) is 6.61 Å². The molecule has 0 radical (unpaired) electrons. The first-order chi connectivity index (χ1) is 9.79. The quantitative estimate of drug-likeness (QED) is 0.865. The van der Waals surface area contributed by atoms with Gasteiger partial charge in [-0.15, -0.1) is 0 Å². The van der Waals surface area contributed by atoms with Crippen molar-refractivity contribution in [3.8, 4) is 0 Å². The fraction of sp³-hybridized carbons (Fsp3) is 0.625. The van der Waals surface area contributed by atoms with Crippen LogP contribution in [-0.2, 0) is 6.54 Å². The lowest BCUT2D eigenvalue weighted by Crippen LogP contribution is -2.30. The summed E-state index contributed by atoms with van der Waals surface area (Å²) in [6.45, 7) is 3.45. The predicted molar refractivity (Wildman–Crippen MR) is 78.4 cm³/mol. The minimum absolute atomic E-state index is 0.113. The summed E-state index contributed by atoms with van der Waals surface area (Å²) in [4.78, 5) is 4.51. The molecule has 3 rings (SSSR count).